The summed E-state index contributed by atoms with van der Waals surface area (Å²) < 4.78 is 5.76. The summed E-state index contributed by atoms with van der Waals surface area (Å²) in [5, 5.41) is 12.4. The van der Waals surface area contributed by atoms with Crippen molar-refractivity contribution < 1.29 is 19.4 Å². The van der Waals surface area contributed by atoms with Gasteiger partial charge in [0.2, 0.25) is 11.8 Å². The van der Waals surface area contributed by atoms with Crippen molar-refractivity contribution in [3.05, 3.63) is 0 Å². The van der Waals surface area contributed by atoms with E-state index in [1.54, 1.807) is 14.1 Å². The van der Waals surface area contributed by atoms with Crippen molar-refractivity contribution >= 4 is 11.8 Å². The van der Waals surface area contributed by atoms with Crippen LogP contribution in [0.15, 0.2) is 0 Å². The van der Waals surface area contributed by atoms with Crippen LogP contribution in [0.1, 0.15) is 32.1 Å². The van der Waals surface area contributed by atoms with Gasteiger partial charge in [-0.1, -0.05) is 0 Å². The molecule has 2 fully saturated rings. The molecule has 0 radical (unpaired) electrons. The number of nitrogens with one attached hydrogen (secondary N) is 1. The van der Waals surface area contributed by atoms with Crippen molar-refractivity contribution in [1.29, 1.82) is 0 Å². The molecular weight excluding hydrogens is 260 g/mol. The summed E-state index contributed by atoms with van der Waals surface area (Å²) in [6, 6.07) is -0.140. The molecule has 0 bridgehead atoms. The lowest BCUT2D eigenvalue weighted by Gasteiger charge is -2.36. The SMILES string of the molecule is CN(C)C(=O)C[C@@H]1CC[C@H](NC(=O)C2CC2)[C@H](CO)O1. The molecule has 20 heavy (non-hydrogen) atoms. The zero-order valence-corrected chi connectivity index (χ0v) is 12.2. The fourth-order valence-corrected chi connectivity index (χ4v) is 2.47. The molecule has 0 unspecified atom stereocenters. The van der Waals surface area contributed by atoms with Gasteiger partial charge in [0.05, 0.1) is 25.2 Å². The molecule has 2 amide bonds. The van der Waals surface area contributed by atoms with Crippen molar-refractivity contribution in [1.82, 2.24) is 10.2 Å². The molecule has 2 N–H and O–H groups in total. The second kappa shape index (κ2) is 6.54. The van der Waals surface area contributed by atoms with E-state index in [1.165, 1.54) is 4.90 Å². The minimum Gasteiger partial charge on any atom is -0.394 e. The highest BCUT2D eigenvalue weighted by molar-refractivity contribution is 5.81. The molecule has 3 atom stereocenters. The Morgan fingerprint density at radius 3 is 2.50 bits per heavy atom. The summed E-state index contributed by atoms with van der Waals surface area (Å²) in [7, 11) is 3.43. The molecule has 114 valence electrons. The van der Waals surface area contributed by atoms with Gasteiger partial charge < -0.3 is 20.1 Å². The number of ether oxygens (including phenoxy) is 1. The summed E-state index contributed by atoms with van der Waals surface area (Å²) in [5.74, 6) is 0.245. The van der Waals surface area contributed by atoms with Crippen LogP contribution in [0.4, 0.5) is 0 Å². The molecule has 1 saturated carbocycles. The predicted octanol–water partition coefficient (Wildman–Crippen LogP) is -0.101. The molecular formula is C14H24N2O4. The predicted molar refractivity (Wildman–Crippen MR) is 72.9 cm³/mol. The zero-order valence-electron chi connectivity index (χ0n) is 12.2. The molecule has 1 saturated heterocycles. The van der Waals surface area contributed by atoms with Crippen molar-refractivity contribution in [2.24, 2.45) is 5.92 Å². The maximum Gasteiger partial charge on any atom is 0.224 e. The van der Waals surface area contributed by atoms with E-state index in [4.69, 9.17) is 4.74 Å². The monoisotopic (exact) mass is 284 g/mol. The highest BCUT2D eigenvalue weighted by atomic mass is 16.5. The number of nitrogens with zero attached hydrogens (tertiary/aromatic N) is 1. The van der Waals surface area contributed by atoms with Gasteiger partial charge in [-0.25, -0.2) is 0 Å². The summed E-state index contributed by atoms with van der Waals surface area (Å²) in [4.78, 5) is 25.0. The number of rotatable bonds is 5. The van der Waals surface area contributed by atoms with E-state index in [9.17, 15) is 14.7 Å². The zero-order chi connectivity index (χ0) is 14.7. The smallest absolute Gasteiger partial charge is 0.224 e. The maximum absolute atomic E-state index is 11.8. The molecule has 1 aliphatic carbocycles. The average molecular weight is 284 g/mol. The quantitative estimate of drug-likeness (QED) is 0.739. The second-order valence-electron chi connectivity index (χ2n) is 5.94. The number of hydrogen-bond acceptors (Lipinski definition) is 4. The molecule has 0 spiro atoms. The molecule has 6 nitrogen and oxygen atoms in total. The third-order valence-electron chi connectivity index (χ3n) is 3.97. The van der Waals surface area contributed by atoms with Crippen LogP contribution in [-0.2, 0) is 14.3 Å². The Labute approximate surface area is 119 Å². The molecule has 6 heteroatoms. The highest BCUT2D eigenvalue weighted by Gasteiger charge is 2.36. The Balaban J connectivity index is 1.83. The van der Waals surface area contributed by atoms with Gasteiger partial charge in [0.25, 0.3) is 0 Å². The van der Waals surface area contributed by atoms with E-state index >= 15 is 0 Å². The Morgan fingerprint density at radius 2 is 1.95 bits per heavy atom. The van der Waals surface area contributed by atoms with Gasteiger partial charge in [-0.3, -0.25) is 9.59 Å². The molecule has 0 aromatic heterocycles. The van der Waals surface area contributed by atoms with Crippen molar-refractivity contribution in [3.8, 4) is 0 Å². The minimum absolute atomic E-state index is 0.0205. The number of hydrogen-bond donors (Lipinski definition) is 2. The molecule has 2 aliphatic rings. The largest absolute Gasteiger partial charge is 0.394 e. The van der Waals surface area contributed by atoms with Crippen molar-refractivity contribution in [2.75, 3.05) is 20.7 Å². The maximum atomic E-state index is 11.8. The van der Waals surface area contributed by atoms with Gasteiger partial charge in [-0.2, -0.15) is 0 Å². The van der Waals surface area contributed by atoms with Crippen LogP contribution < -0.4 is 5.32 Å². The number of aliphatic hydroxyl groups excluding tert-OH is 1. The Hall–Kier alpha value is -1.14. The highest BCUT2D eigenvalue weighted by Crippen LogP contribution is 2.30. The minimum atomic E-state index is -0.411. The number of amides is 2. The van der Waals surface area contributed by atoms with E-state index in [1.807, 2.05) is 0 Å². The number of aliphatic hydroxyl groups is 1. The Bertz CT molecular complexity index is 368. The molecule has 1 aliphatic heterocycles. The van der Waals surface area contributed by atoms with E-state index in [2.05, 4.69) is 5.32 Å². The average Bonchev–Trinajstić information content (AvgIpc) is 3.24. The first-order chi connectivity index (χ1) is 9.51. The summed E-state index contributed by atoms with van der Waals surface area (Å²) in [5.41, 5.74) is 0. The third-order valence-corrected chi connectivity index (χ3v) is 3.97. The normalized spacial score (nSPS) is 29.9. The summed E-state index contributed by atoms with van der Waals surface area (Å²) in [6.45, 7) is -0.137. The van der Waals surface area contributed by atoms with Crippen LogP contribution in [0.2, 0.25) is 0 Å². The van der Waals surface area contributed by atoms with Crippen molar-refractivity contribution in [2.45, 2.75) is 50.4 Å². The standard InChI is InChI=1S/C14H24N2O4/c1-16(2)13(18)7-10-5-6-11(12(8-17)20-10)15-14(19)9-3-4-9/h9-12,17H,3-8H2,1-2H3,(H,15,19)/t10-,11-,12-/m0/s1. The van der Waals surface area contributed by atoms with Gasteiger partial charge >= 0.3 is 0 Å². The van der Waals surface area contributed by atoms with E-state index in [0.29, 0.717) is 6.42 Å². The van der Waals surface area contributed by atoms with Crippen LogP contribution in [0.25, 0.3) is 0 Å². The van der Waals surface area contributed by atoms with E-state index < -0.39 is 6.10 Å². The number of carbonyl (C=O) groups excluding carboxylic acids is 2. The molecule has 2 rings (SSSR count). The summed E-state index contributed by atoms with van der Waals surface area (Å²) in [6.07, 6.45) is 3.14. The van der Waals surface area contributed by atoms with Crippen molar-refractivity contribution in [3.63, 3.8) is 0 Å². The van der Waals surface area contributed by atoms with E-state index in [0.717, 1.165) is 25.7 Å². The van der Waals surface area contributed by atoms with E-state index in [-0.39, 0.29) is 36.5 Å². The Kier molecular flexibility index (Phi) is 4.99. The fraction of sp³-hybridized carbons (Fsp3) is 0.857. The molecule has 1 heterocycles. The van der Waals surface area contributed by atoms with Crippen LogP contribution in [0.5, 0.6) is 0 Å². The molecule has 0 aromatic rings. The van der Waals surface area contributed by atoms with Gasteiger partial charge in [0.1, 0.15) is 6.10 Å². The van der Waals surface area contributed by atoms with Gasteiger partial charge in [0, 0.05) is 20.0 Å². The van der Waals surface area contributed by atoms with Gasteiger partial charge in [0.15, 0.2) is 0 Å². The fourth-order valence-electron chi connectivity index (χ4n) is 2.47. The van der Waals surface area contributed by atoms with Crippen LogP contribution in [-0.4, -0.2) is 60.8 Å². The topological polar surface area (TPSA) is 78.9 Å². The number of carbonyl (C=O) groups is 2. The lowest BCUT2D eigenvalue weighted by molar-refractivity contribution is -0.141. The third kappa shape index (κ3) is 3.93. The summed E-state index contributed by atoms with van der Waals surface area (Å²) >= 11 is 0. The first-order valence-electron chi connectivity index (χ1n) is 7.28. The van der Waals surface area contributed by atoms with Gasteiger partial charge in [-0.05, 0) is 25.7 Å². The second-order valence-corrected chi connectivity index (χ2v) is 5.94. The lowest BCUT2D eigenvalue weighted by atomic mass is 9.96. The first-order valence-corrected chi connectivity index (χ1v) is 7.28. The van der Waals surface area contributed by atoms with Crippen LogP contribution in [0.3, 0.4) is 0 Å². The molecule has 0 aromatic carbocycles. The van der Waals surface area contributed by atoms with Crippen LogP contribution in [0, 0.1) is 5.92 Å². The Morgan fingerprint density at radius 1 is 1.25 bits per heavy atom. The lowest BCUT2D eigenvalue weighted by Crippen LogP contribution is -2.51. The van der Waals surface area contributed by atoms with Crippen LogP contribution >= 0.6 is 0 Å². The first kappa shape index (κ1) is 15.3. The van der Waals surface area contributed by atoms with Gasteiger partial charge in [-0.15, -0.1) is 0 Å².